The Hall–Kier alpha value is -1.37. The maximum atomic E-state index is 3.76. The summed E-state index contributed by atoms with van der Waals surface area (Å²) in [6.45, 7) is 6.95. The summed E-state index contributed by atoms with van der Waals surface area (Å²) in [6.07, 6.45) is 12.3. The molecule has 0 spiro atoms. The molecule has 0 aliphatic carbocycles. The first-order valence-corrected chi connectivity index (χ1v) is 3.00. The fraction of sp³-hybridized carbons (Fsp3) is 0. The van der Waals surface area contributed by atoms with Crippen LogP contribution in [0.2, 0.25) is 0 Å². The number of hydrogen-bond acceptors (Lipinski definition) is 1. The molecule has 0 atom stereocenters. The summed E-state index contributed by atoms with van der Waals surface area (Å²) < 4.78 is 0. The van der Waals surface area contributed by atoms with Crippen molar-refractivity contribution in [2.45, 2.75) is 0 Å². The van der Waals surface area contributed by atoms with Gasteiger partial charge in [-0.3, -0.25) is 4.99 Å². The van der Waals surface area contributed by atoms with E-state index in [0.29, 0.717) is 0 Å². The lowest BCUT2D eigenvalue weighted by Gasteiger charge is -1.70. The molecule has 1 heteroatoms. The minimum absolute atomic E-state index is 1.49. The van der Waals surface area contributed by atoms with Crippen molar-refractivity contribution in [3.8, 4) is 0 Å². The van der Waals surface area contributed by atoms with E-state index in [1.807, 2.05) is 24.3 Å². The van der Waals surface area contributed by atoms with Gasteiger partial charge in [0.05, 0.1) is 0 Å². The summed E-state index contributed by atoms with van der Waals surface area (Å²) in [5.74, 6) is 0. The molecule has 0 fully saturated rings. The van der Waals surface area contributed by atoms with Gasteiger partial charge in [-0.1, -0.05) is 37.5 Å². The van der Waals surface area contributed by atoms with Crippen molar-refractivity contribution in [3.63, 3.8) is 0 Å². The maximum Gasteiger partial charge on any atom is 0.0267 e. The van der Waals surface area contributed by atoms with Crippen LogP contribution in [0.5, 0.6) is 0 Å². The summed E-state index contributed by atoms with van der Waals surface area (Å²) in [4.78, 5) is 3.76. The molecule has 0 amide bonds. The van der Waals surface area contributed by atoms with E-state index in [2.05, 4.69) is 18.2 Å². The van der Waals surface area contributed by atoms with Gasteiger partial charge in [-0.25, -0.2) is 0 Å². The van der Waals surface area contributed by atoms with E-state index >= 15 is 0 Å². The second kappa shape index (κ2) is 7.63. The van der Waals surface area contributed by atoms with Crippen molar-refractivity contribution in [1.29, 1.82) is 0 Å². The van der Waals surface area contributed by atoms with Gasteiger partial charge in [0, 0.05) is 12.4 Å². The maximum absolute atomic E-state index is 3.76. The van der Waals surface area contributed by atoms with E-state index in [1.54, 1.807) is 12.3 Å². The number of nitrogens with zero attached hydrogens (tertiary/aromatic N) is 1. The predicted molar refractivity (Wildman–Crippen MR) is 47.2 cm³/mol. The van der Waals surface area contributed by atoms with Crippen LogP contribution < -0.4 is 0 Å². The van der Waals surface area contributed by atoms with E-state index in [-0.39, 0.29) is 0 Å². The zero-order valence-electron chi connectivity index (χ0n) is 5.90. The zero-order valence-corrected chi connectivity index (χ0v) is 5.90. The van der Waals surface area contributed by atoms with Crippen LogP contribution in [0, 0.1) is 0 Å². The molecule has 0 aromatic heterocycles. The average molecular weight is 133 g/mol. The highest BCUT2D eigenvalue weighted by Gasteiger charge is 1.58. The summed E-state index contributed by atoms with van der Waals surface area (Å²) >= 11 is 0. The number of aliphatic imine (C=N–C) groups is 1. The highest BCUT2D eigenvalue weighted by atomic mass is 14.6. The first-order valence-electron chi connectivity index (χ1n) is 3.00. The van der Waals surface area contributed by atoms with Crippen LogP contribution in [0.1, 0.15) is 0 Å². The monoisotopic (exact) mass is 133 g/mol. The Morgan fingerprint density at radius 1 is 0.900 bits per heavy atom. The van der Waals surface area contributed by atoms with Crippen molar-refractivity contribution in [3.05, 3.63) is 49.7 Å². The van der Waals surface area contributed by atoms with Gasteiger partial charge in [0.25, 0.3) is 0 Å². The topological polar surface area (TPSA) is 12.4 Å². The van der Waals surface area contributed by atoms with E-state index in [9.17, 15) is 0 Å². The van der Waals surface area contributed by atoms with Crippen LogP contribution in [0.3, 0.4) is 0 Å². The second-order valence-electron chi connectivity index (χ2n) is 1.49. The Morgan fingerprint density at radius 3 is 2.20 bits per heavy atom. The minimum atomic E-state index is 1.49. The molecular formula is C9H11N. The third-order valence-electron chi connectivity index (χ3n) is 0.747. The van der Waals surface area contributed by atoms with Crippen LogP contribution in [0.25, 0.3) is 0 Å². The molecule has 0 aromatic rings. The smallest absolute Gasteiger partial charge is 0.0267 e. The molecule has 10 heavy (non-hydrogen) atoms. The molecule has 0 saturated carbocycles. The van der Waals surface area contributed by atoms with Gasteiger partial charge in [-0.05, 0) is 6.08 Å². The van der Waals surface area contributed by atoms with Crippen molar-refractivity contribution < 1.29 is 0 Å². The summed E-state index contributed by atoms with van der Waals surface area (Å²) in [5, 5.41) is 0. The molecular weight excluding hydrogens is 122 g/mol. The Labute approximate surface area is 61.8 Å². The van der Waals surface area contributed by atoms with Gasteiger partial charge in [0.1, 0.15) is 0 Å². The average Bonchev–Trinajstić information content (AvgIpc) is 1.97. The molecule has 1 nitrogen and oxygen atoms in total. The van der Waals surface area contributed by atoms with E-state index < -0.39 is 0 Å². The SMILES string of the molecule is C=C/C=C/C=C/C=NC=C. The number of hydrogen-bond donors (Lipinski definition) is 0. The molecule has 0 aliphatic heterocycles. The third-order valence-corrected chi connectivity index (χ3v) is 0.747. The van der Waals surface area contributed by atoms with E-state index in [1.165, 1.54) is 6.20 Å². The highest BCUT2D eigenvalue weighted by molar-refractivity contribution is 5.71. The second-order valence-corrected chi connectivity index (χ2v) is 1.49. The first-order chi connectivity index (χ1) is 4.91. The minimum Gasteiger partial charge on any atom is -0.265 e. The number of allylic oxidation sites excluding steroid dienone is 5. The van der Waals surface area contributed by atoms with Crippen LogP contribution in [-0.4, -0.2) is 6.21 Å². The van der Waals surface area contributed by atoms with Crippen LogP contribution in [0.15, 0.2) is 54.7 Å². The fourth-order valence-electron chi connectivity index (χ4n) is 0.367. The lowest BCUT2D eigenvalue weighted by molar-refractivity contribution is 1.63. The van der Waals surface area contributed by atoms with Gasteiger partial charge in [-0.2, -0.15) is 0 Å². The molecule has 0 aromatic carbocycles. The molecule has 0 rings (SSSR count). The lowest BCUT2D eigenvalue weighted by Crippen LogP contribution is -1.58. The molecule has 52 valence electrons. The van der Waals surface area contributed by atoms with Crippen molar-refractivity contribution in [2.24, 2.45) is 4.99 Å². The third kappa shape index (κ3) is 6.63. The quantitative estimate of drug-likeness (QED) is 0.412. The summed E-state index contributed by atoms with van der Waals surface area (Å²) in [7, 11) is 0. The highest BCUT2D eigenvalue weighted by Crippen LogP contribution is 1.75. The van der Waals surface area contributed by atoms with Crippen molar-refractivity contribution in [1.82, 2.24) is 0 Å². The fourth-order valence-corrected chi connectivity index (χ4v) is 0.367. The standard InChI is InChI=1S/C9H11N/c1-3-5-6-7-8-9-10-4-2/h3-9H,1-2H2/b6-5+,8-7+,10-9?. The van der Waals surface area contributed by atoms with Gasteiger partial charge < -0.3 is 0 Å². The largest absolute Gasteiger partial charge is 0.265 e. The Morgan fingerprint density at radius 2 is 1.60 bits per heavy atom. The lowest BCUT2D eigenvalue weighted by atomic mass is 10.4. The van der Waals surface area contributed by atoms with Crippen LogP contribution >= 0.6 is 0 Å². The Balaban J connectivity index is 3.55. The predicted octanol–water partition coefficient (Wildman–Crippen LogP) is 2.50. The van der Waals surface area contributed by atoms with Crippen molar-refractivity contribution >= 4 is 6.21 Å². The van der Waals surface area contributed by atoms with Crippen LogP contribution in [-0.2, 0) is 0 Å². The van der Waals surface area contributed by atoms with Crippen LogP contribution in [0.4, 0.5) is 0 Å². The van der Waals surface area contributed by atoms with E-state index in [0.717, 1.165) is 0 Å². The van der Waals surface area contributed by atoms with E-state index in [4.69, 9.17) is 0 Å². The first kappa shape index (κ1) is 8.63. The molecule has 0 bridgehead atoms. The van der Waals surface area contributed by atoms with Gasteiger partial charge in [0.15, 0.2) is 0 Å². The molecule has 0 saturated heterocycles. The molecule has 0 heterocycles. The molecule has 0 radical (unpaired) electrons. The normalized spacial score (nSPS) is 11.6. The Bertz CT molecular complexity index is 153. The summed E-state index contributed by atoms with van der Waals surface area (Å²) in [5.41, 5.74) is 0. The molecule has 0 unspecified atom stereocenters. The van der Waals surface area contributed by atoms with Gasteiger partial charge in [0.2, 0.25) is 0 Å². The van der Waals surface area contributed by atoms with Gasteiger partial charge in [-0.15, -0.1) is 0 Å². The summed E-state index contributed by atoms with van der Waals surface area (Å²) in [6, 6.07) is 0. The van der Waals surface area contributed by atoms with Crippen molar-refractivity contribution in [2.75, 3.05) is 0 Å². The molecule has 0 aliphatic rings. The zero-order chi connectivity index (χ0) is 7.66. The Kier molecular flexibility index (Phi) is 6.58. The molecule has 0 N–H and O–H groups in total. The number of rotatable bonds is 4. The van der Waals surface area contributed by atoms with Gasteiger partial charge >= 0.3 is 0 Å².